The number of carbonyl (C=O) groups excluding carboxylic acids is 1. The summed E-state index contributed by atoms with van der Waals surface area (Å²) in [4.78, 5) is 12.3. The molecule has 0 unspecified atom stereocenters. The Morgan fingerprint density at radius 1 is 0.966 bits per heavy atom. The fraction of sp³-hybridized carbons (Fsp3) is 0.273. The third kappa shape index (κ3) is 4.34. The number of esters is 1. The van der Waals surface area contributed by atoms with Gasteiger partial charge in [-0.1, -0.05) is 30.3 Å². The molecule has 0 spiro atoms. The smallest absolute Gasteiger partial charge is 0.358 e. The molecule has 0 fully saturated rings. The van der Waals surface area contributed by atoms with Crippen LogP contribution in [0.15, 0.2) is 48.5 Å². The van der Waals surface area contributed by atoms with Gasteiger partial charge in [-0.15, -0.1) is 0 Å². The average Bonchev–Trinajstić information content (AvgIpc) is 3.17. The summed E-state index contributed by atoms with van der Waals surface area (Å²) >= 11 is 0. The minimum absolute atomic E-state index is 0.242. The first-order chi connectivity index (χ1) is 14.1. The van der Waals surface area contributed by atoms with Crippen LogP contribution in [0, 0.1) is 0 Å². The van der Waals surface area contributed by atoms with E-state index in [1.807, 2.05) is 42.5 Å². The lowest BCUT2D eigenvalue weighted by molar-refractivity contribution is 0.0518. The summed E-state index contributed by atoms with van der Waals surface area (Å²) in [5.74, 6) is 1.07. The highest BCUT2D eigenvalue weighted by molar-refractivity contribution is 5.89. The van der Waals surface area contributed by atoms with Gasteiger partial charge >= 0.3 is 5.97 Å². The third-order valence-corrected chi connectivity index (χ3v) is 4.40. The highest BCUT2D eigenvalue weighted by Crippen LogP contribution is 2.41. The van der Waals surface area contributed by atoms with Crippen LogP contribution in [0.1, 0.15) is 23.0 Å². The number of nitrogens with zero attached hydrogens (tertiary/aromatic N) is 2. The van der Waals surface area contributed by atoms with Crippen molar-refractivity contribution in [3.05, 3.63) is 59.8 Å². The van der Waals surface area contributed by atoms with E-state index in [-0.39, 0.29) is 12.3 Å². The Kier molecular flexibility index (Phi) is 6.39. The van der Waals surface area contributed by atoms with Crippen molar-refractivity contribution in [1.82, 2.24) is 9.78 Å². The molecule has 0 saturated carbocycles. The van der Waals surface area contributed by atoms with E-state index in [0.717, 1.165) is 16.8 Å². The van der Waals surface area contributed by atoms with Gasteiger partial charge in [0.1, 0.15) is 0 Å². The highest BCUT2D eigenvalue weighted by atomic mass is 16.5. The molecule has 7 heteroatoms. The zero-order valence-corrected chi connectivity index (χ0v) is 17.0. The molecule has 0 aliphatic carbocycles. The van der Waals surface area contributed by atoms with Crippen molar-refractivity contribution in [1.29, 1.82) is 0 Å². The van der Waals surface area contributed by atoms with Crippen LogP contribution in [-0.2, 0) is 11.3 Å². The number of ether oxygens (including phenoxy) is 4. The molecule has 1 aromatic heterocycles. The van der Waals surface area contributed by atoms with Crippen LogP contribution in [0.3, 0.4) is 0 Å². The Balaban J connectivity index is 2.12. The average molecular weight is 396 g/mol. The summed E-state index contributed by atoms with van der Waals surface area (Å²) in [5, 5.41) is 4.48. The molecule has 7 nitrogen and oxygen atoms in total. The van der Waals surface area contributed by atoms with Crippen LogP contribution in [0.2, 0.25) is 0 Å². The van der Waals surface area contributed by atoms with Crippen molar-refractivity contribution in [3.8, 4) is 28.5 Å². The SMILES string of the molecule is CCOC(=O)c1cc(-c2cc(OC)c(OC)c(OC)c2)n(Cc2ccccc2)n1. The van der Waals surface area contributed by atoms with Crippen LogP contribution >= 0.6 is 0 Å². The van der Waals surface area contributed by atoms with Gasteiger partial charge < -0.3 is 18.9 Å². The Morgan fingerprint density at radius 2 is 1.62 bits per heavy atom. The second-order valence-corrected chi connectivity index (χ2v) is 6.19. The van der Waals surface area contributed by atoms with Crippen LogP contribution in [-0.4, -0.2) is 43.7 Å². The van der Waals surface area contributed by atoms with E-state index in [2.05, 4.69) is 5.10 Å². The molecule has 2 aromatic carbocycles. The molecule has 0 N–H and O–H groups in total. The van der Waals surface area contributed by atoms with Gasteiger partial charge in [-0.05, 0) is 30.7 Å². The maximum absolute atomic E-state index is 12.3. The number of rotatable bonds is 8. The Hall–Kier alpha value is -3.48. The summed E-state index contributed by atoms with van der Waals surface area (Å²) in [5.41, 5.74) is 2.81. The van der Waals surface area contributed by atoms with Crippen molar-refractivity contribution in [2.24, 2.45) is 0 Å². The maximum atomic E-state index is 12.3. The molecule has 0 atom stereocenters. The van der Waals surface area contributed by atoms with E-state index in [9.17, 15) is 4.79 Å². The van der Waals surface area contributed by atoms with Crippen molar-refractivity contribution in [3.63, 3.8) is 0 Å². The number of carbonyl (C=O) groups is 1. The first kappa shape index (κ1) is 20.3. The van der Waals surface area contributed by atoms with Crippen molar-refractivity contribution >= 4 is 5.97 Å². The van der Waals surface area contributed by atoms with Crippen molar-refractivity contribution in [2.45, 2.75) is 13.5 Å². The number of aromatic nitrogens is 2. The van der Waals surface area contributed by atoms with Gasteiger partial charge in [0.15, 0.2) is 17.2 Å². The Morgan fingerprint density at radius 3 is 2.17 bits per heavy atom. The minimum atomic E-state index is -0.465. The van der Waals surface area contributed by atoms with E-state index >= 15 is 0 Å². The molecular weight excluding hydrogens is 372 g/mol. The molecule has 0 amide bonds. The zero-order chi connectivity index (χ0) is 20.8. The second kappa shape index (κ2) is 9.14. The maximum Gasteiger partial charge on any atom is 0.358 e. The molecule has 0 aliphatic heterocycles. The molecule has 0 aliphatic rings. The van der Waals surface area contributed by atoms with Crippen LogP contribution in [0.4, 0.5) is 0 Å². The zero-order valence-electron chi connectivity index (χ0n) is 17.0. The molecule has 0 bridgehead atoms. The molecule has 0 saturated heterocycles. The lowest BCUT2D eigenvalue weighted by atomic mass is 10.1. The topological polar surface area (TPSA) is 71.8 Å². The quantitative estimate of drug-likeness (QED) is 0.540. The van der Waals surface area contributed by atoms with Gasteiger partial charge in [-0.3, -0.25) is 4.68 Å². The van der Waals surface area contributed by atoms with Gasteiger partial charge in [0, 0.05) is 5.56 Å². The fourth-order valence-electron chi connectivity index (χ4n) is 3.06. The van der Waals surface area contributed by atoms with Crippen LogP contribution < -0.4 is 14.2 Å². The van der Waals surface area contributed by atoms with E-state index in [0.29, 0.717) is 23.8 Å². The van der Waals surface area contributed by atoms with E-state index < -0.39 is 5.97 Å². The van der Waals surface area contributed by atoms with Crippen LogP contribution in [0.25, 0.3) is 11.3 Å². The molecule has 152 valence electrons. The van der Waals surface area contributed by atoms with Gasteiger partial charge in [-0.2, -0.15) is 5.10 Å². The van der Waals surface area contributed by atoms with Gasteiger partial charge in [0.25, 0.3) is 0 Å². The van der Waals surface area contributed by atoms with Gasteiger partial charge in [0.05, 0.1) is 40.2 Å². The summed E-state index contributed by atoms with van der Waals surface area (Å²) < 4.78 is 23.2. The monoisotopic (exact) mass is 396 g/mol. The largest absolute Gasteiger partial charge is 0.493 e. The van der Waals surface area contributed by atoms with Gasteiger partial charge in [-0.25, -0.2) is 4.79 Å². The van der Waals surface area contributed by atoms with Gasteiger partial charge in [0.2, 0.25) is 5.75 Å². The van der Waals surface area contributed by atoms with Crippen molar-refractivity contribution in [2.75, 3.05) is 27.9 Å². The predicted octanol–water partition coefficient (Wildman–Crippen LogP) is 3.80. The van der Waals surface area contributed by atoms with E-state index in [4.69, 9.17) is 18.9 Å². The summed E-state index contributed by atoms with van der Waals surface area (Å²) in [6, 6.07) is 15.3. The Bertz CT molecular complexity index is 957. The van der Waals surface area contributed by atoms with E-state index in [1.54, 1.807) is 39.0 Å². The minimum Gasteiger partial charge on any atom is -0.493 e. The lowest BCUT2D eigenvalue weighted by Crippen LogP contribution is -2.08. The highest BCUT2D eigenvalue weighted by Gasteiger charge is 2.20. The molecule has 1 heterocycles. The first-order valence-corrected chi connectivity index (χ1v) is 9.20. The first-order valence-electron chi connectivity index (χ1n) is 9.20. The normalized spacial score (nSPS) is 10.5. The number of benzene rings is 2. The summed E-state index contributed by atoms with van der Waals surface area (Å²) in [6.07, 6.45) is 0. The predicted molar refractivity (Wildman–Crippen MR) is 109 cm³/mol. The standard InChI is InChI=1S/C22H24N2O5/c1-5-29-22(25)17-13-18(24(23-17)14-15-9-7-6-8-10-15)16-11-19(26-2)21(28-4)20(12-16)27-3/h6-13H,5,14H2,1-4H3. The molecule has 3 aromatic rings. The molecule has 3 rings (SSSR count). The molecular formula is C22H24N2O5. The molecule has 29 heavy (non-hydrogen) atoms. The number of hydrogen-bond acceptors (Lipinski definition) is 6. The third-order valence-electron chi connectivity index (χ3n) is 4.40. The fourth-order valence-corrected chi connectivity index (χ4v) is 3.06. The summed E-state index contributed by atoms with van der Waals surface area (Å²) in [7, 11) is 4.68. The van der Waals surface area contributed by atoms with Crippen molar-refractivity contribution < 1.29 is 23.7 Å². The van der Waals surface area contributed by atoms with Crippen LogP contribution in [0.5, 0.6) is 17.2 Å². The van der Waals surface area contributed by atoms with E-state index in [1.165, 1.54) is 0 Å². The second-order valence-electron chi connectivity index (χ2n) is 6.19. The lowest BCUT2D eigenvalue weighted by Gasteiger charge is -2.15. The number of hydrogen-bond donors (Lipinski definition) is 0. The number of methoxy groups -OCH3 is 3. The molecule has 0 radical (unpaired) electrons. The Labute approximate surface area is 169 Å². The summed E-state index contributed by atoms with van der Waals surface area (Å²) in [6.45, 7) is 2.54.